The molecule has 0 unspecified atom stereocenters. The lowest BCUT2D eigenvalue weighted by Gasteiger charge is -2.19. The Morgan fingerprint density at radius 2 is 1.86 bits per heavy atom. The van der Waals surface area contributed by atoms with E-state index in [0.29, 0.717) is 21.4 Å². The molecule has 122 valence electrons. The molecule has 0 heterocycles. The molecule has 0 aromatic heterocycles. The molecule has 1 N–H and O–H groups in total. The van der Waals surface area contributed by atoms with Gasteiger partial charge in [-0.1, -0.05) is 23.2 Å². The van der Waals surface area contributed by atoms with Gasteiger partial charge in [0.25, 0.3) is 0 Å². The zero-order chi connectivity index (χ0) is 16.9. The minimum Gasteiger partial charge on any atom is -0.481 e. The van der Waals surface area contributed by atoms with Gasteiger partial charge in [0.15, 0.2) is 0 Å². The Bertz CT molecular complexity index is 567. The number of ether oxygens (including phenoxy) is 1. The Morgan fingerprint density at radius 1 is 1.23 bits per heavy atom. The maximum atomic E-state index is 11.7. The van der Waals surface area contributed by atoms with Crippen molar-refractivity contribution in [3.63, 3.8) is 0 Å². The number of hydrogen-bond acceptors (Lipinski definition) is 4. The third-order valence-corrected chi connectivity index (χ3v) is 4.29. The van der Waals surface area contributed by atoms with Crippen LogP contribution in [0.1, 0.15) is 32.8 Å². The van der Waals surface area contributed by atoms with Crippen molar-refractivity contribution in [2.45, 2.75) is 44.1 Å². The third kappa shape index (κ3) is 6.90. The van der Waals surface area contributed by atoms with Crippen LogP contribution in [-0.2, 0) is 20.7 Å². The molecule has 1 aromatic carbocycles. The van der Waals surface area contributed by atoms with E-state index >= 15 is 0 Å². The molecule has 0 atom stereocenters. The molecule has 7 heteroatoms. The van der Waals surface area contributed by atoms with E-state index in [9.17, 15) is 9.59 Å². The predicted molar refractivity (Wildman–Crippen MR) is 89.0 cm³/mol. The highest BCUT2D eigenvalue weighted by molar-refractivity contribution is 8.00. The highest BCUT2D eigenvalue weighted by Crippen LogP contribution is 2.33. The van der Waals surface area contributed by atoms with E-state index in [1.807, 2.05) is 20.8 Å². The third-order valence-electron chi connectivity index (χ3n) is 2.47. The molecule has 0 saturated carbocycles. The molecular weight excluding hydrogens is 347 g/mol. The fourth-order valence-corrected chi connectivity index (χ4v) is 2.99. The quantitative estimate of drug-likeness (QED) is 0.596. The molecule has 22 heavy (non-hydrogen) atoms. The topological polar surface area (TPSA) is 63.6 Å². The van der Waals surface area contributed by atoms with Crippen LogP contribution in [0, 0.1) is 0 Å². The number of thioether (sulfide) groups is 1. The first-order valence-electron chi connectivity index (χ1n) is 6.63. The molecule has 0 radical (unpaired) electrons. The normalized spacial score (nSPS) is 11.3. The smallest absolute Gasteiger partial charge is 0.313 e. The second-order valence-electron chi connectivity index (χ2n) is 5.64. The van der Waals surface area contributed by atoms with Crippen LogP contribution in [0.2, 0.25) is 10.0 Å². The molecule has 0 aliphatic carbocycles. The lowest BCUT2D eigenvalue weighted by molar-refractivity contribution is -0.154. The van der Waals surface area contributed by atoms with Crippen molar-refractivity contribution in [1.29, 1.82) is 0 Å². The number of rotatable bonds is 6. The fraction of sp³-hybridized carbons (Fsp3) is 0.467. The van der Waals surface area contributed by atoms with Gasteiger partial charge in [-0.05, 0) is 44.9 Å². The van der Waals surface area contributed by atoms with Crippen LogP contribution < -0.4 is 0 Å². The number of aliphatic carboxylic acids is 1. The summed E-state index contributed by atoms with van der Waals surface area (Å²) >= 11 is 13.4. The second kappa shape index (κ2) is 8.09. The molecule has 1 rings (SSSR count). The van der Waals surface area contributed by atoms with E-state index in [-0.39, 0.29) is 18.1 Å². The van der Waals surface area contributed by atoms with Gasteiger partial charge in [-0.2, -0.15) is 0 Å². The van der Waals surface area contributed by atoms with Crippen molar-refractivity contribution in [2.24, 2.45) is 0 Å². The van der Waals surface area contributed by atoms with Crippen molar-refractivity contribution >= 4 is 46.9 Å². The highest BCUT2D eigenvalue weighted by atomic mass is 35.5. The minimum atomic E-state index is -0.925. The van der Waals surface area contributed by atoms with Gasteiger partial charge in [0.05, 0.1) is 10.8 Å². The molecule has 0 amide bonds. The average Bonchev–Trinajstić information content (AvgIpc) is 2.35. The summed E-state index contributed by atoms with van der Waals surface area (Å²) in [6.07, 6.45) is 0.617. The van der Waals surface area contributed by atoms with Gasteiger partial charge >= 0.3 is 11.9 Å². The van der Waals surface area contributed by atoms with Gasteiger partial charge in [-0.3, -0.25) is 9.59 Å². The lowest BCUT2D eigenvalue weighted by atomic mass is 10.1. The molecule has 0 aliphatic rings. The summed E-state index contributed by atoms with van der Waals surface area (Å²) in [5.41, 5.74) is 0.216. The number of carbonyl (C=O) groups is 2. The Balaban J connectivity index is 2.71. The number of carbonyl (C=O) groups excluding carboxylic acids is 1. The Kier molecular flexibility index (Phi) is 7.03. The first-order valence-corrected chi connectivity index (χ1v) is 8.37. The summed E-state index contributed by atoms with van der Waals surface area (Å²) in [4.78, 5) is 22.9. The van der Waals surface area contributed by atoms with Crippen LogP contribution >= 0.6 is 35.0 Å². The standard InChI is InChI=1S/C15H18Cl2O4S/c1-15(2,3)21-14(20)5-4-9-6-11(17)12(7-10(9)16)22-8-13(18)19/h6-7H,4-5,8H2,1-3H3,(H,18,19). The zero-order valence-electron chi connectivity index (χ0n) is 12.6. The number of hydrogen-bond donors (Lipinski definition) is 1. The molecule has 0 saturated heterocycles. The van der Waals surface area contributed by atoms with E-state index in [0.717, 1.165) is 17.3 Å². The van der Waals surface area contributed by atoms with Gasteiger partial charge < -0.3 is 9.84 Å². The van der Waals surface area contributed by atoms with E-state index in [1.165, 1.54) is 0 Å². The van der Waals surface area contributed by atoms with Gasteiger partial charge in [0, 0.05) is 16.3 Å². The average molecular weight is 365 g/mol. The Hall–Kier alpha value is -0.910. The molecule has 0 spiro atoms. The maximum Gasteiger partial charge on any atom is 0.313 e. The van der Waals surface area contributed by atoms with Crippen LogP contribution in [0.4, 0.5) is 0 Å². The van der Waals surface area contributed by atoms with Crippen LogP contribution in [0.15, 0.2) is 17.0 Å². The number of aryl methyl sites for hydroxylation is 1. The predicted octanol–water partition coefficient (Wildman–Crippen LogP) is 4.44. The van der Waals surface area contributed by atoms with Crippen LogP contribution in [0.25, 0.3) is 0 Å². The summed E-state index contributed by atoms with van der Waals surface area (Å²) in [6.45, 7) is 5.43. The molecule has 1 aromatic rings. The van der Waals surface area contributed by atoms with Crippen molar-refractivity contribution in [2.75, 3.05) is 5.75 Å². The Labute approximate surface area is 144 Å². The fourth-order valence-electron chi connectivity index (χ4n) is 1.64. The summed E-state index contributed by atoms with van der Waals surface area (Å²) in [7, 11) is 0. The Morgan fingerprint density at radius 3 is 2.41 bits per heavy atom. The number of carboxylic acid groups (broad SMARTS) is 1. The minimum absolute atomic E-state index is 0.0900. The summed E-state index contributed by atoms with van der Waals surface area (Å²) in [5, 5.41) is 9.56. The number of halogens is 2. The van der Waals surface area contributed by atoms with Gasteiger partial charge in [0.1, 0.15) is 5.60 Å². The number of benzene rings is 1. The largest absolute Gasteiger partial charge is 0.481 e. The first kappa shape index (κ1) is 19.1. The van der Waals surface area contributed by atoms with Crippen molar-refractivity contribution in [3.05, 3.63) is 27.7 Å². The number of esters is 1. The molecule has 0 fully saturated rings. The van der Waals surface area contributed by atoms with Gasteiger partial charge in [0.2, 0.25) is 0 Å². The van der Waals surface area contributed by atoms with Crippen LogP contribution in [0.3, 0.4) is 0 Å². The molecular formula is C15H18Cl2O4S. The summed E-state index contributed by atoms with van der Waals surface area (Å²) in [6, 6.07) is 3.29. The van der Waals surface area contributed by atoms with Crippen molar-refractivity contribution in [1.82, 2.24) is 0 Å². The molecule has 4 nitrogen and oxygen atoms in total. The lowest BCUT2D eigenvalue weighted by Crippen LogP contribution is -2.24. The number of carboxylic acids is 1. The summed E-state index contributed by atoms with van der Waals surface area (Å²) in [5.74, 6) is -1.32. The highest BCUT2D eigenvalue weighted by Gasteiger charge is 2.17. The van der Waals surface area contributed by atoms with E-state index in [1.54, 1.807) is 12.1 Å². The first-order chi connectivity index (χ1) is 10.1. The van der Waals surface area contributed by atoms with E-state index < -0.39 is 11.6 Å². The maximum absolute atomic E-state index is 11.7. The van der Waals surface area contributed by atoms with E-state index in [4.69, 9.17) is 33.0 Å². The van der Waals surface area contributed by atoms with Crippen molar-refractivity contribution in [3.8, 4) is 0 Å². The summed E-state index contributed by atoms with van der Waals surface area (Å²) < 4.78 is 5.23. The van der Waals surface area contributed by atoms with Gasteiger partial charge in [-0.15, -0.1) is 11.8 Å². The van der Waals surface area contributed by atoms with Crippen molar-refractivity contribution < 1.29 is 19.4 Å². The second-order valence-corrected chi connectivity index (χ2v) is 7.47. The van der Waals surface area contributed by atoms with Crippen LogP contribution in [-0.4, -0.2) is 28.4 Å². The molecule has 0 aliphatic heterocycles. The molecule has 0 bridgehead atoms. The van der Waals surface area contributed by atoms with E-state index in [2.05, 4.69) is 0 Å². The van der Waals surface area contributed by atoms with Gasteiger partial charge in [-0.25, -0.2) is 0 Å². The van der Waals surface area contributed by atoms with Crippen LogP contribution in [0.5, 0.6) is 0 Å². The zero-order valence-corrected chi connectivity index (χ0v) is 14.9. The SMILES string of the molecule is CC(C)(C)OC(=O)CCc1cc(Cl)c(SCC(=O)O)cc1Cl. The monoisotopic (exact) mass is 364 g/mol.